The van der Waals surface area contributed by atoms with Gasteiger partial charge in [0.1, 0.15) is 0 Å². The van der Waals surface area contributed by atoms with Crippen LogP contribution in [0.15, 0.2) is 54.6 Å². The number of amides is 1. The van der Waals surface area contributed by atoms with Gasteiger partial charge in [-0.15, -0.1) is 0 Å². The molecule has 1 unspecified atom stereocenters. The molecular formula is C27H35F3N2O3. The molecule has 2 saturated heterocycles. The van der Waals surface area contributed by atoms with Crippen LogP contribution in [0.1, 0.15) is 55.7 Å². The van der Waals surface area contributed by atoms with Gasteiger partial charge in [0, 0.05) is 39.6 Å². The number of piperidine rings is 1. The van der Waals surface area contributed by atoms with E-state index in [-0.39, 0.29) is 20.4 Å². The number of aliphatic hydroxyl groups is 1. The number of morpholine rings is 1. The molecule has 0 aromatic heterocycles. The number of hydrogen-bond donors (Lipinski definition) is 1. The summed E-state index contributed by atoms with van der Waals surface area (Å²) in [5.41, 5.74) is 0.815. The Morgan fingerprint density at radius 1 is 1.09 bits per heavy atom. The maximum absolute atomic E-state index is 13.3. The Morgan fingerprint density at radius 2 is 1.71 bits per heavy atom. The number of halogens is 3. The second kappa shape index (κ2) is 9.91. The quantitative estimate of drug-likeness (QED) is 0.648. The number of alkyl halides is 3. The fraction of sp³-hybridized carbons (Fsp3) is 0.519. The van der Waals surface area contributed by atoms with Crippen LogP contribution in [-0.2, 0) is 11.2 Å². The molecule has 2 aliphatic heterocycles. The van der Waals surface area contributed by atoms with Gasteiger partial charge in [0.05, 0.1) is 23.9 Å². The third-order valence-corrected chi connectivity index (χ3v) is 6.70. The van der Waals surface area contributed by atoms with E-state index in [1.807, 2.05) is 42.5 Å². The number of carbonyl (C=O) groups excluding carboxylic acids is 1. The van der Waals surface area contributed by atoms with Gasteiger partial charge in [-0.05, 0) is 49.9 Å². The summed E-state index contributed by atoms with van der Waals surface area (Å²) in [6.45, 7) is 3.73. The molecule has 2 fully saturated rings. The molecule has 192 valence electrons. The molecule has 1 atom stereocenters. The summed E-state index contributed by atoms with van der Waals surface area (Å²) in [5.74, 6) is -0.0998. The third kappa shape index (κ3) is 6.84. The zero-order valence-electron chi connectivity index (χ0n) is 20.2. The molecule has 1 amide bonds. The number of carbonyl (C=O) groups is 1. The minimum atomic E-state index is -4.28. The van der Waals surface area contributed by atoms with Crippen LogP contribution in [-0.4, -0.2) is 70.9 Å². The van der Waals surface area contributed by atoms with Gasteiger partial charge >= 0.3 is 6.18 Å². The van der Waals surface area contributed by atoms with Crippen molar-refractivity contribution >= 4 is 5.91 Å². The zero-order chi connectivity index (χ0) is 25.3. The van der Waals surface area contributed by atoms with Gasteiger partial charge in [0.15, 0.2) is 0 Å². The van der Waals surface area contributed by atoms with E-state index in [2.05, 4.69) is 0 Å². The van der Waals surface area contributed by atoms with Gasteiger partial charge in [-0.1, -0.05) is 42.5 Å². The summed E-state index contributed by atoms with van der Waals surface area (Å²) < 4.78 is 46.2. The first-order valence-corrected chi connectivity index (χ1v) is 12.0. The molecule has 0 bridgehead atoms. The predicted octanol–water partition coefficient (Wildman–Crippen LogP) is 4.86. The van der Waals surface area contributed by atoms with Crippen LogP contribution in [0.3, 0.4) is 0 Å². The molecule has 35 heavy (non-hydrogen) atoms. The van der Waals surface area contributed by atoms with Crippen LogP contribution in [0.5, 0.6) is 0 Å². The largest absolute Gasteiger partial charge is 0.401 e. The molecule has 2 aromatic rings. The number of likely N-dealkylation sites (tertiary alicyclic amines) is 1. The number of rotatable bonds is 5. The Morgan fingerprint density at radius 3 is 2.29 bits per heavy atom. The van der Waals surface area contributed by atoms with E-state index in [0.29, 0.717) is 37.9 Å². The topological polar surface area (TPSA) is 53.0 Å². The van der Waals surface area contributed by atoms with E-state index in [1.165, 1.54) is 4.90 Å². The highest BCUT2D eigenvalue weighted by Crippen LogP contribution is 2.39. The Hall–Kier alpha value is -2.42. The predicted molar refractivity (Wildman–Crippen MR) is 129 cm³/mol. The van der Waals surface area contributed by atoms with Crippen LogP contribution in [0, 0.1) is 0 Å². The van der Waals surface area contributed by atoms with Crippen molar-refractivity contribution in [1.82, 2.24) is 9.80 Å². The molecule has 5 nitrogen and oxygen atoms in total. The van der Waals surface area contributed by atoms with Gasteiger partial charge in [0.25, 0.3) is 5.91 Å². The third-order valence-electron chi connectivity index (χ3n) is 6.70. The van der Waals surface area contributed by atoms with Crippen molar-refractivity contribution in [2.45, 2.75) is 56.6 Å². The average molecular weight is 493 g/mol. The van der Waals surface area contributed by atoms with Crippen molar-refractivity contribution in [1.29, 1.82) is 0 Å². The average Bonchev–Trinajstić information content (AvgIpc) is 2.78. The SMILES string of the molecule is CC(C)(O)Cc1ccc(C(=O)N2CCC3(CC2)CN(CC(F)(F)F)CC(c2ccccc2)O3)cc1.[HH]. The smallest absolute Gasteiger partial charge is 0.390 e. The van der Waals surface area contributed by atoms with Crippen LogP contribution in [0.25, 0.3) is 0 Å². The fourth-order valence-corrected chi connectivity index (χ4v) is 5.14. The van der Waals surface area contributed by atoms with Crippen LogP contribution >= 0.6 is 0 Å². The van der Waals surface area contributed by atoms with Crippen molar-refractivity contribution in [2.24, 2.45) is 0 Å². The van der Waals surface area contributed by atoms with E-state index in [1.54, 1.807) is 30.9 Å². The van der Waals surface area contributed by atoms with Crippen LogP contribution in [0.2, 0.25) is 0 Å². The molecule has 0 saturated carbocycles. The Balaban J connectivity index is 0.00000361. The standard InChI is InChI=1S/C27H33F3N2O3.H2/c1-25(2,34)16-20-8-10-22(11-9-20)24(33)32-14-12-26(13-15-32)18-31(19-27(28,29)30)17-23(35-26)21-6-4-3-5-7-21;/h3-11,23,34H,12-19H2,1-2H3;1H. The lowest BCUT2D eigenvalue weighted by atomic mass is 9.87. The number of ether oxygens (including phenoxy) is 1. The van der Waals surface area contributed by atoms with E-state index in [9.17, 15) is 23.1 Å². The van der Waals surface area contributed by atoms with Crippen molar-refractivity contribution < 1.29 is 29.2 Å². The van der Waals surface area contributed by atoms with E-state index in [0.717, 1.165) is 11.1 Å². The lowest BCUT2D eigenvalue weighted by molar-refractivity contribution is -0.205. The summed E-state index contributed by atoms with van der Waals surface area (Å²) in [4.78, 5) is 16.3. The van der Waals surface area contributed by atoms with Gasteiger partial charge in [0.2, 0.25) is 0 Å². The molecular weight excluding hydrogens is 457 g/mol. The second-order valence-corrected chi connectivity index (χ2v) is 10.5. The lowest BCUT2D eigenvalue weighted by Gasteiger charge is -2.50. The fourth-order valence-electron chi connectivity index (χ4n) is 5.14. The number of hydrogen-bond acceptors (Lipinski definition) is 4. The van der Waals surface area contributed by atoms with Gasteiger partial charge < -0.3 is 14.7 Å². The molecule has 2 aliphatic rings. The van der Waals surface area contributed by atoms with Crippen molar-refractivity contribution in [3.05, 3.63) is 71.3 Å². The first-order valence-electron chi connectivity index (χ1n) is 12.0. The molecule has 4 rings (SSSR count). The maximum atomic E-state index is 13.3. The Labute approximate surface area is 206 Å². The summed E-state index contributed by atoms with van der Waals surface area (Å²) in [5, 5.41) is 9.99. The summed E-state index contributed by atoms with van der Waals surface area (Å²) in [7, 11) is 0. The minimum Gasteiger partial charge on any atom is -0.390 e. The van der Waals surface area contributed by atoms with Gasteiger partial charge in [-0.3, -0.25) is 9.69 Å². The molecule has 2 aromatic carbocycles. The molecule has 0 radical (unpaired) electrons. The molecule has 1 spiro atoms. The van der Waals surface area contributed by atoms with Gasteiger partial charge in [-0.25, -0.2) is 0 Å². The summed E-state index contributed by atoms with van der Waals surface area (Å²) in [6, 6.07) is 16.6. The highest BCUT2D eigenvalue weighted by molar-refractivity contribution is 5.94. The highest BCUT2D eigenvalue weighted by atomic mass is 19.4. The second-order valence-electron chi connectivity index (χ2n) is 10.5. The Bertz CT molecular complexity index is 1000. The number of benzene rings is 2. The minimum absolute atomic E-state index is 0. The van der Waals surface area contributed by atoms with Crippen molar-refractivity contribution in [2.75, 3.05) is 32.7 Å². The molecule has 8 heteroatoms. The van der Waals surface area contributed by atoms with Crippen LogP contribution in [0.4, 0.5) is 13.2 Å². The monoisotopic (exact) mass is 492 g/mol. The van der Waals surface area contributed by atoms with Crippen molar-refractivity contribution in [3.8, 4) is 0 Å². The highest BCUT2D eigenvalue weighted by Gasteiger charge is 2.46. The van der Waals surface area contributed by atoms with Crippen molar-refractivity contribution in [3.63, 3.8) is 0 Å². The summed E-state index contributed by atoms with van der Waals surface area (Å²) >= 11 is 0. The Kier molecular flexibility index (Phi) is 7.27. The van der Waals surface area contributed by atoms with E-state index < -0.39 is 30.0 Å². The maximum Gasteiger partial charge on any atom is 0.401 e. The van der Waals surface area contributed by atoms with Gasteiger partial charge in [-0.2, -0.15) is 13.2 Å². The first kappa shape index (κ1) is 25.7. The summed E-state index contributed by atoms with van der Waals surface area (Å²) in [6.07, 6.45) is -3.28. The van der Waals surface area contributed by atoms with E-state index >= 15 is 0 Å². The normalized spacial score (nSPS) is 21.3. The van der Waals surface area contributed by atoms with Crippen LogP contribution < -0.4 is 0 Å². The van der Waals surface area contributed by atoms with E-state index in [4.69, 9.17) is 4.74 Å². The number of nitrogens with zero attached hydrogens (tertiary/aromatic N) is 2. The first-order chi connectivity index (χ1) is 16.4. The zero-order valence-corrected chi connectivity index (χ0v) is 20.2. The molecule has 2 heterocycles. The lowest BCUT2D eigenvalue weighted by Crippen LogP contribution is -2.59. The molecule has 1 N–H and O–H groups in total. The molecule has 0 aliphatic carbocycles.